The third-order valence-electron chi connectivity index (χ3n) is 4.09. The minimum Gasteiger partial charge on any atom is -0.392 e. The SMILES string of the molecule is NC(=S)C(C(=O)N(CC1CC1)C1CC1)c1ccccc1. The molecule has 2 saturated carbocycles. The molecule has 2 fully saturated rings. The third kappa shape index (κ3) is 3.01. The number of hydrogen-bond donors (Lipinski definition) is 1. The fourth-order valence-electron chi connectivity index (χ4n) is 2.62. The van der Waals surface area contributed by atoms with E-state index < -0.39 is 5.92 Å². The van der Waals surface area contributed by atoms with Crippen LogP contribution in [-0.4, -0.2) is 28.4 Å². The van der Waals surface area contributed by atoms with Gasteiger partial charge in [0.1, 0.15) is 5.92 Å². The molecule has 20 heavy (non-hydrogen) atoms. The summed E-state index contributed by atoms with van der Waals surface area (Å²) in [5, 5.41) is 0. The van der Waals surface area contributed by atoms with Gasteiger partial charge in [0, 0.05) is 12.6 Å². The summed E-state index contributed by atoms with van der Waals surface area (Å²) in [4.78, 5) is 15.2. The normalized spacial score (nSPS) is 19.4. The molecule has 0 bridgehead atoms. The largest absolute Gasteiger partial charge is 0.392 e. The van der Waals surface area contributed by atoms with Crippen LogP contribution in [0.1, 0.15) is 37.2 Å². The monoisotopic (exact) mass is 288 g/mol. The zero-order valence-corrected chi connectivity index (χ0v) is 12.3. The third-order valence-corrected chi connectivity index (χ3v) is 4.32. The second-order valence-electron chi connectivity index (χ2n) is 5.91. The molecule has 1 atom stereocenters. The Morgan fingerprint density at radius 1 is 1.25 bits per heavy atom. The first-order valence-electron chi connectivity index (χ1n) is 7.31. The van der Waals surface area contributed by atoms with E-state index in [1.807, 2.05) is 35.2 Å². The highest BCUT2D eigenvalue weighted by Gasteiger charge is 2.40. The first-order valence-corrected chi connectivity index (χ1v) is 7.72. The predicted octanol–water partition coefficient (Wildman–Crippen LogP) is 2.46. The number of rotatable bonds is 6. The molecule has 106 valence electrons. The van der Waals surface area contributed by atoms with E-state index in [1.165, 1.54) is 12.8 Å². The molecular formula is C16H20N2OS. The molecule has 1 aromatic rings. The molecule has 0 aliphatic heterocycles. The Morgan fingerprint density at radius 3 is 2.40 bits per heavy atom. The molecule has 2 aliphatic carbocycles. The number of carbonyl (C=O) groups excluding carboxylic acids is 1. The summed E-state index contributed by atoms with van der Waals surface area (Å²) in [6.07, 6.45) is 4.74. The van der Waals surface area contributed by atoms with Crippen molar-refractivity contribution < 1.29 is 4.79 Å². The molecule has 0 spiro atoms. The van der Waals surface area contributed by atoms with Gasteiger partial charge in [-0.25, -0.2) is 0 Å². The van der Waals surface area contributed by atoms with Crippen molar-refractivity contribution in [1.29, 1.82) is 0 Å². The molecule has 1 aromatic carbocycles. The number of carbonyl (C=O) groups is 1. The first kappa shape index (κ1) is 13.6. The molecular weight excluding hydrogens is 268 g/mol. The van der Waals surface area contributed by atoms with Gasteiger partial charge in [0.25, 0.3) is 0 Å². The van der Waals surface area contributed by atoms with Crippen LogP contribution in [0.25, 0.3) is 0 Å². The zero-order chi connectivity index (χ0) is 14.1. The van der Waals surface area contributed by atoms with Crippen LogP contribution in [-0.2, 0) is 4.79 Å². The lowest BCUT2D eigenvalue weighted by atomic mass is 9.97. The number of amides is 1. The second-order valence-corrected chi connectivity index (χ2v) is 6.38. The summed E-state index contributed by atoms with van der Waals surface area (Å²) < 4.78 is 0. The summed E-state index contributed by atoms with van der Waals surface area (Å²) >= 11 is 5.16. The van der Waals surface area contributed by atoms with Gasteiger partial charge in [0.05, 0.1) is 4.99 Å². The summed E-state index contributed by atoms with van der Waals surface area (Å²) in [5.74, 6) is 0.325. The lowest BCUT2D eigenvalue weighted by Crippen LogP contribution is -2.42. The summed E-state index contributed by atoms with van der Waals surface area (Å²) in [6.45, 7) is 0.884. The average Bonchev–Trinajstić information content (AvgIpc) is 3.29. The fourth-order valence-corrected chi connectivity index (χ4v) is 2.86. The maximum Gasteiger partial charge on any atom is 0.237 e. The lowest BCUT2D eigenvalue weighted by molar-refractivity contribution is -0.132. The van der Waals surface area contributed by atoms with Gasteiger partial charge in [-0.1, -0.05) is 42.5 Å². The first-order chi connectivity index (χ1) is 9.66. The van der Waals surface area contributed by atoms with Gasteiger partial charge in [-0.2, -0.15) is 0 Å². The zero-order valence-electron chi connectivity index (χ0n) is 11.5. The van der Waals surface area contributed by atoms with Crippen molar-refractivity contribution in [2.24, 2.45) is 11.7 Å². The van der Waals surface area contributed by atoms with E-state index in [0.717, 1.165) is 24.9 Å². The van der Waals surface area contributed by atoms with Gasteiger partial charge in [0.15, 0.2) is 0 Å². The maximum atomic E-state index is 12.9. The Hall–Kier alpha value is -1.42. The minimum atomic E-state index is -0.467. The molecule has 0 heterocycles. The Bertz CT molecular complexity index is 508. The van der Waals surface area contributed by atoms with Gasteiger partial charge >= 0.3 is 0 Å². The lowest BCUT2D eigenvalue weighted by Gasteiger charge is -2.27. The highest BCUT2D eigenvalue weighted by molar-refractivity contribution is 7.80. The van der Waals surface area contributed by atoms with E-state index in [-0.39, 0.29) is 10.9 Å². The summed E-state index contributed by atoms with van der Waals surface area (Å²) in [6, 6.07) is 10.1. The molecule has 3 rings (SSSR count). The molecule has 0 aromatic heterocycles. The van der Waals surface area contributed by atoms with Crippen LogP contribution in [0.3, 0.4) is 0 Å². The van der Waals surface area contributed by atoms with Crippen LogP contribution in [0.2, 0.25) is 0 Å². The van der Waals surface area contributed by atoms with E-state index in [2.05, 4.69) is 0 Å². The van der Waals surface area contributed by atoms with Crippen LogP contribution >= 0.6 is 12.2 Å². The van der Waals surface area contributed by atoms with Crippen LogP contribution in [0, 0.1) is 5.92 Å². The van der Waals surface area contributed by atoms with Gasteiger partial charge in [0.2, 0.25) is 5.91 Å². The van der Waals surface area contributed by atoms with Crippen molar-refractivity contribution in [1.82, 2.24) is 4.90 Å². The van der Waals surface area contributed by atoms with Crippen LogP contribution in [0.15, 0.2) is 30.3 Å². The smallest absolute Gasteiger partial charge is 0.237 e. The highest BCUT2D eigenvalue weighted by Crippen LogP contribution is 2.36. The minimum absolute atomic E-state index is 0.0955. The Labute approximate surface area is 125 Å². The molecule has 2 N–H and O–H groups in total. The van der Waals surface area contributed by atoms with E-state index in [1.54, 1.807) is 0 Å². The van der Waals surface area contributed by atoms with E-state index in [9.17, 15) is 4.79 Å². The summed E-state index contributed by atoms with van der Waals surface area (Å²) in [5.41, 5.74) is 6.77. The van der Waals surface area contributed by atoms with Crippen LogP contribution in [0.4, 0.5) is 0 Å². The molecule has 1 amide bonds. The Balaban J connectivity index is 1.81. The number of hydrogen-bond acceptors (Lipinski definition) is 2. The Kier molecular flexibility index (Phi) is 3.74. The maximum absolute atomic E-state index is 12.9. The molecule has 4 heteroatoms. The van der Waals surface area contributed by atoms with Crippen LogP contribution < -0.4 is 5.73 Å². The average molecular weight is 288 g/mol. The van der Waals surface area contributed by atoms with E-state index in [4.69, 9.17) is 18.0 Å². The predicted molar refractivity (Wildman–Crippen MR) is 83.4 cm³/mol. The van der Waals surface area contributed by atoms with E-state index in [0.29, 0.717) is 12.0 Å². The number of benzene rings is 1. The molecule has 1 unspecified atom stereocenters. The molecule has 2 aliphatic rings. The Morgan fingerprint density at radius 2 is 1.90 bits per heavy atom. The van der Waals surface area contributed by atoms with Crippen LogP contribution in [0.5, 0.6) is 0 Å². The van der Waals surface area contributed by atoms with Gasteiger partial charge < -0.3 is 10.6 Å². The van der Waals surface area contributed by atoms with Crippen molar-refractivity contribution in [3.05, 3.63) is 35.9 Å². The standard InChI is InChI=1S/C16H20N2OS/c17-15(20)14(12-4-2-1-3-5-12)16(19)18(13-8-9-13)10-11-6-7-11/h1-5,11,13-14H,6-10H2,(H2,17,20). The van der Waals surface area contributed by atoms with E-state index >= 15 is 0 Å². The summed E-state index contributed by atoms with van der Waals surface area (Å²) in [7, 11) is 0. The number of nitrogens with zero attached hydrogens (tertiary/aromatic N) is 1. The quantitative estimate of drug-likeness (QED) is 0.818. The van der Waals surface area contributed by atoms with Crippen molar-refractivity contribution in [2.75, 3.05) is 6.54 Å². The topological polar surface area (TPSA) is 46.3 Å². The molecule has 0 saturated heterocycles. The fraction of sp³-hybridized carbons (Fsp3) is 0.500. The van der Waals surface area contributed by atoms with Gasteiger partial charge in [-0.3, -0.25) is 4.79 Å². The number of thiocarbonyl (C=S) groups is 1. The molecule has 0 radical (unpaired) electrons. The van der Waals surface area contributed by atoms with Crippen molar-refractivity contribution >= 4 is 23.1 Å². The highest BCUT2D eigenvalue weighted by atomic mass is 32.1. The second kappa shape index (κ2) is 5.52. The van der Waals surface area contributed by atoms with Crippen molar-refractivity contribution in [3.8, 4) is 0 Å². The number of nitrogens with two attached hydrogens (primary N) is 1. The van der Waals surface area contributed by atoms with Gasteiger partial charge in [-0.05, 0) is 37.2 Å². The van der Waals surface area contributed by atoms with Crippen molar-refractivity contribution in [2.45, 2.75) is 37.6 Å². The van der Waals surface area contributed by atoms with Crippen molar-refractivity contribution in [3.63, 3.8) is 0 Å². The van der Waals surface area contributed by atoms with Gasteiger partial charge in [-0.15, -0.1) is 0 Å². The molecule has 3 nitrogen and oxygen atoms in total.